The van der Waals surface area contributed by atoms with Crippen LogP contribution in [0.5, 0.6) is 11.5 Å². The van der Waals surface area contributed by atoms with Crippen LogP contribution in [0.3, 0.4) is 0 Å². The summed E-state index contributed by atoms with van der Waals surface area (Å²) in [6.07, 6.45) is 2.26. The molecule has 0 aromatic heterocycles. The summed E-state index contributed by atoms with van der Waals surface area (Å²) in [4.78, 5) is 50.2. The Morgan fingerprint density at radius 2 is 1.16 bits per heavy atom. The summed E-state index contributed by atoms with van der Waals surface area (Å²) in [5.74, 6) is -1.60. The number of hydrogen-bond acceptors (Lipinski definition) is 6. The van der Waals surface area contributed by atoms with E-state index < -0.39 is 23.9 Å². The highest BCUT2D eigenvalue weighted by atomic mass is 16.3. The van der Waals surface area contributed by atoms with Crippen molar-refractivity contribution in [3.05, 3.63) is 59.7 Å². The van der Waals surface area contributed by atoms with Crippen molar-refractivity contribution in [2.24, 2.45) is 0 Å². The lowest BCUT2D eigenvalue weighted by Crippen LogP contribution is -2.53. The maximum absolute atomic E-state index is 12.8. The number of phenols is 2. The molecule has 37 heavy (non-hydrogen) atoms. The molecular weight excluding hydrogens is 476 g/mol. The summed E-state index contributed by atoms with van der Waals surface area (Å²) < 4.78 is 0. The zero-order chi connectivity index (χ0) is 27.2. The van der Waals surface area contributed by atoms with Crippen LogP contribution in [-0.2, 0) is 32.0 Å². The van der Waals surface area contributed by atoms with Gasteiger partial charge in [0.2, 0.25) is 23.6 Å². The fourth-order valence-corrected chi connectivity index (χ4v) is 3.50. The first-order valence-electron chi connectivity index (χ1n) is 12.4. The minimum atomic E-state index is -0.921. The van der Waals surface area contributed by atoms with Crippen molar-refractivity contribution in [3.63, 3.8) is 0 Å². The van der Waals surface area contributed by atoms with E-state index in [0.29, 0.717) is 6.54 Å². The molecule has 10 nitrogen and oxygen atoms in total. The van der Waals surface area contributed by atoms with Crippen LogP contribution in [0.15, 0.2) is 48.5 Å². The molecular formula is C27H36N4O6. The third kappa shape index (κ3) is 10.6. The number of amides is 4. The van der Waals surface area contributed by atoms with Crippen molar-refractivity contribution in [1.29, 1.82) is 0 Å². The first-order valence-corrected chi connectivity index (χ1v) is 12.4. The molecule has 0 saturated carbocycles. The van der Waals surface area contributed by atoms with E-state index in [4.69, 9.17) is 0 Å². The minimum Gasteiger partial charge on any atom is -0.508 e. The molecule has 0 aliphatic rings. The van der Waals surface area contributed by atoms with Gasteiger partial charge in [-0.05, 0) is 41.8 Å². The van der Waals surface area contributed by atoms with Gasteiger partial charge < -0.3 is 31.5 Å². The van der Waals surface area contributed by atoms with E-state index in [2.05, 4.69) is 21.3 Å². The van der Waals surface area contributed by atoms with Crippen LogP contribution in [-0.4, -0.2) is 59.0 Å². The Labute approximate surface area is 216 Å². The van der Waals surface area contributed by atoms with Gasteiger partial charge in [-0.2, -0.15) is 0 Å². The van der Waals surface area contributed by atoms with Gasteiger partial charge in [0.1, 0.15) is 23.6 Å². The third-order valence-electron chi connectivity index (χ3n) is 5.63. The average Bonchev–Trinajstić information content (AvgIpc) is 2.88. The van der Waals surface area contributed by atoms with E-state index in [9.17, 15) is 29.4 Å². The molecule has 2 aromatic carbocycles. The molecule has 2 aromatic rings. The number of unbranched alkanes of at least 4 members (excludes halogenated alkanes) is 1. The summed E-state index contributed by atoms with van der Waals surface area (Å²) in [5.41, 5.74) is 1.46. The molecule has 2 rings (SSSR count). The largest absolute Gasteiger partial charge is 0.508 e. The predicted molar refractivity (Wildman–Crippen MR) is 139 cm³/mol. The molecule has 0 fully saturated rings. The summed E-state index contributed by atoms with van der Waals surface area (Å²) in [7, 11) is 0. The Morgan fingerprint density at radius 1 is 0.703 bits per heavy atom. The Morgan fingerprint density at radius 3 is 1.62 bits per heavy atom. The zero-order valence-electron chi connectivity index (χ0n) is 21.3. The molecule has 0 aliphatic heterocycles. The SMILES string of the molecule is CCCCNC(=O)[C@H](Cc1ccc(O)cc1)NC(=O)CNC(=O)[C@H](Cc1ccc(O)cc1)NC(=O)CC. The highest BCUT2D eigenvalue weighted by Gasteiger charge is 2.24. The van der Waals surface area contributed by atoms with Gasteiger partial charge in [-0.15, -0.1) is 0 Å². The van der Waals surface area contributed by atoms with Gasteiger partial charge in [0, 0.05) is 25.8 Å². The van der Waals surface area contributed by atoms with E-state index in [-0.39, 0.29) is 49.1 Å². The van der Waals surface area contributed by atoms with Crippen molar-refractivity contribution in [2.45, 2.75) is 58.0 Å². The maximum Gasteiger partial charge on any atom is 0.243 e. The van der Waals surface area contributed by atoms with Crippen molar-refractivity contribution in [2.75, 3.05) is 13.1 Å². The quantitative estimate of drug-likeness (QED) is 0.210. The van der Waals surface area contributed by atoms with Crippen LogP contribution in [0.1, 0.15) is 44.2 Å². The number of carbonyl (C=O) groups excluding carboxylic acids is 4. The molecule has 0 unspecified atom stereocenters. The first kappa shape index (κ1) is 29.2. The molecule has 0 radical (unpaired) electrons. The van der Waals surface area contributed by atoms with E-state index in [1.165, 1.54) is 24.3 Å². The number of carbonyl (C=O) groups is 4. The molecule has 0 saturated heterocycles. The second-order valence-electron chi connectivity index (χ2n) is 8.70. The van der Waals surface area contributed by atoms with Gasteiger partial charge in [0.05, 0.1) is 6.54 Å². The van der Waals surface area contributed by atoms with Gasteiger partial charge in [0.15, 0.2) is 0 Å². The number of hydrogen-bond donors (Lipinski definition) is 6. The molecule has 200 valence electrons. The van der Waals surface area contributed by atoms with E-state index >= 15 is 0 Å². The van der Waals surface area contributed by atoms with Crippen molar-refractivity contribution >= 4 is 23.6 Å². The fourth-order valence-electron chi connectivity index (χ4n) is 3.50. The first-order chi connectivity index (χ1) is 17.7. The van der Waals surface area contributed by atoms with Crippen LogP contribution in [0.4, 0.5) is 0 Å². The standard InChI is InChI=1S/C27H36N4O6/c1-3-5-14-28-26(36)22(15-18-6-10-20(32)11-7-18)31-25(35)17-29-27(37)23(30-24(34)4-2)16-19-8-12-21(33)13-9-19/h6-13,22-23,32-33H,3-5,14-17H2,1-2H3,(H,28,36)(H,29,37)(H,30,34)(H,31,35)/t22-,23-/m0/s1. The van der Waals surface area contributed by atoms with Crippen molar-refractivity contribution in [3.8, 4) is 11.5 Å². The molecule has 0 aliphatic carbocycles. The van der Waals surface area contributed by atoms with E-state index in [0.717, 1.165) is 24.0 Å². The fraction of sp³-hybridized carbons (Fsp3) is 0.407. The van der Waals surface area contributed by atoms with Crippen LogP contribution in [0, 0.1) is 0 Å². The Balaban J connectivity index is 2.02. The minimum absolute atomic E-state index is 0.0830. The van der Waals surface area contributed by atoms with Gasteiger partial charge in [0.25, 0.3) is 0 Å². The monoisotopic (exact) mass is 512 g/mol. The van der Waals surface area contributed by atoms with Gasteiger partial charge in [-0.3, -0.25) is 19.2 Å². The highest BCUT2D eigenvalue weighted by molar-refractivity contribution is 5.92. The molecule has 6 N–H and O–H groups in total. The maximum atomic E-state index is 12.8. The Hall–Kier alpha value is -4.08. The van der Waals surface area contributed by atoms with Crippen molar-refractivity contribution < 1.29 is 29.4 Å². The van der Waals surface area contributed by atoms with Crippen LogP contribution in [0.2, 0.25) is 0 Å². The number of nitrogens with one attached hydrogen (secondary N) is 4. The molecule has 0 spiro atoms. The highest BCUT2D eigenvalue weighted by Crippen LogP contribution is 2.13. The van der Waals surface area contributed by atoms with Crippen LogP contribution < -0.4 is 21.3 Å². The van der Waals surface area contributed by atoms with E-state index in [1.54, 1.807) is 31.2 Å². The second kappa shape index (κ2) is 15.1. The van der Waals surface area contributed by atoms with Crippen LogP contribution >= 0.6 is 0 Å². The lowest BCUT2D eigenvalue weighted by molar-refractivity contribution is -0.131. The van der Waals surface area contributed by atoms with Crippen LogP contribution in [0.25, 0.3) is 0 Å². The molecule has 10 heteroatoms. The summed E-state index contributed by atoms with van der Waals surface area (Å²) in [6.45, 7) is 3.76. The van der Waals surface area contributed by atoms with Gasteiger partial charge >= 0.3 is 0 Å². The summed E-state index contributed by atoms with van der Waals surface area (Å²) in [5, 5.41) is 29.6. The Bertz CT molecular complexity index is 1040. The topological polar surface area (TPSA) is 157 Å². The molecule has 0 heterocycles. The Kier molecular flexibility index (Phi) is 11.9. The normalized spacial score (nSPS) is 12.2. The lowest BCUT2D eigenvalue weighted by atomic mass is 10.0. The van der Waals surface area contributed by atoms with Gasteiger partial charge in [-0.25, -0.2) is 0 Å². The predicted octanol–water partition coefficient (Wildman–Crippen LogP) is 1.30. The molecule has 0 bridgehead atoms. The average molecular weight is 513 g/mol. The number of aromatic hydroxyl groups is 2. The second-order valence-corrected chi connectivity index (χ2v) is 8.70. The molecule has 2 atom stereocenters. The summed E-state index contributed by atoms with van der Waals surface area (Å²) >= 11 is 0. The number of phenolic OH excluding ortho intramolecular Hbond substituents is 2. The lowest BCUT2D eigenvalue weighted by Gasteiger charge is -2.21. The molecule has 4 amide bonds. The van der Waals surface area contributed by atoms with E-state index in [1.807, 2.05) is 6.92 Å². The number of benzene rings is 2. The third-order valence-corrected chi connectivity index (χ3v) is 5.63. The van der Waals surface area contributed by atoms with Gasteiger partial charge in [-0.1, -0.05) is 44.5 Å². The van der Waals surface area contributed by atoms with Crippen molar-refractivity contribution in [1.82, 2.24) is 21.3 Å². The number of rotatable bonds is 14. The smallest absolute Gasteiger partial charge is 0.243 e. The summed E-state index contributed by atoms with van der Waals surface area (Å²) in [6, 6.07) is 10.8. The zero-order valence-corrected chi connectivity index (χ0v) is 21.3.